The molecule has 0 saturated carbocycles. The van der Waals surface area contributed by atoms with Gasteiger partial charge in [-0.1, -0.05) is 12.1 Å². The van der Waals surface area contributed by atoms with Crippen LogP contribution in [0.5, 0.6) is 5.75 Å². The zero-order valence-corrected chi connectivity index (χ0v) is 15.6. The number of nitrogens with zero attached hydrogens (tertiary/aromatic N) is 2. The van der Waals surface area contributed by atoms with E-state index in [2.05, 4.69) is 14.7 Å². The number of carboxylic acid groups (broad SMARTS) is 1. The molecule has 154 valence electrons. The Labute approximate surface area is 167 Å². The van der Waals surface area contributed by atoms with E-state index in [0.717, 1.165) is 24.3 Å². The minimum absolute atomic E-state index is 0.0302. The molecule has 0 radical (unpaired) electrons. The van der Waals surface area contributed by atoms with Crippen molar-refractivity contribution in [3.63, 3.8) is 0 Å². The van der Waals surface area contributed by atoms with E-state index >= 15 is 0 Å². The van der Waals surface area contributed by atoms with Crippen molar-refractivity contribution in [2.45, 2.75) is 4.90 Å². The van der Waals surface area contributed by atoms with E-state index < -0.39 is 37.9 Å². The molecule has 13 heteroatoms. The van der Waals surface area contributed by atoms with Crippen molar-refractivity contribution in [3.05, 3.63) is 74.7 Å². The summed E-state index contributed by atoms with van der Waals surface area (Å²) < 4.78 is 27.6. The third kappa shape index (κ3) is 3.95. The number of aromatic nitrogens is 2. The van der Waals surface area contributed by atoms with Crippen LogP contribution in [0.25, 0.3) is 11.4 Å². The zero-order valence-electron chi connectivity index (χ0n) is 14.8. The maximum absolute atomic E-state index is 12.7. The smallest absolute Gasteiger partial charge is 0.358 e. The van der Waals surface area contributed by atoms with Crippen LogP contribution in [0.4, 0.5) is 11.4 Å². The largest absolute Gasteiger partial charge is 0.501 e. The first kappa shape index (κ1) is 20.5. The molecule has 0 atom stereocenters. The zero-order chi connectivity index (χ0) is 22.1. The topological polar surface area (TPSA) is 193 Å². The van der Waals surface area contributed by atoms with Crippen LogP contribution in [0.2, 0.25) is 0 Å². The monoisotopic (exact) mass is 432 g/mol. The van der Waals surface area contributed by atoms with Gasteiger partial charge in [0.1, 0.15) is 5.82 Å². The number of aromatic amines is 1. The van der Waals surface area contributed by atoms with E-state index in [-0.39, 0.29) is 27.7 Å². The Morgan fingerprint density at radius 3 is 2.37 bits per heavy atom. The number of hydrogen-bond acceptors (Lipinski definition) is 8. The minimum Gasteiger partial charge on any atom is -0.501 e. The number of non-ortho nitro benzene ring substituents is 1. The Morgan fingerprint density at radius 2 is 1.77 bits per heavy atom. The normalized spacial score (nSPS) is 11.1. The van der Waals surface area contributed by atoms with Gasteiger partial charge in [0.15, 0.2) is 5.69 Å². The third-order valence-electron chi connectivity index (χ3n) is 3.88. The summed E-state index contributed by atoms with van der Waals surface area (Å²) >= 11 is 0. The molecule has 1 heterocycles. The molecule has 2 aromatic carbocycles. The summed E-state index contributed by atoms with van der Waals surface area (Å²) in [6.07, 6.45) is 0. The molecule has 0 aliphatic rings. The number of hydrogen-bond donors (Lipinski definition) is 4. The number of para-hydroxylation sites is 1. The Hall–Kier alpha value is -4.26. The van der Waals surface area contributed by atoms with Crippen molar-refractivity contribution in [1.82, 2.24) is 9.97 Å². The second-order valence-corrected chi connectivity index (χ2v) is 7.50. The van der Waals surface area contributed by atoms with Gasteiger partial charge in [-0.25, -0.2) is 18.2 Å². The number of nitro benzene ring substituents is 1. The maximum atomic E-state index is 12.7. The van der Waals surface area contributed by atoms with Crippen molar-refractivity contribution in [2.75, 3.05) is 4.72 Å². The fourth-order valence-corrected chi connectivity index (χ4v) is 3.55. The molecule has 0 aliphatic heterocycles. The van der Waals surface area contributed by atoms with E-state index in [1.807, 2.05) is 0 Å². The molecule has 0 fully saturated rings. The molecule has 3 rings (SSSR count). The third-order valence-corrected chi connectivity index (χ3v) is 5.26. The number of anilines is 1. The van der Waals surface area contributed by atoms with E-state index in [4.69, 9.17) is 5.11 Å². The molecule has 1 aromatic heterocycles. The van der Waals surface area contributed by atoms with Gasteiger partial charge in [0, 0.05) is 17.7 Å². The number of H-pyrrole nitrogens is 1. The molecule has 0 aliphatic carbocycles. The summed E-state index contributed by atoms with van der Waals surface area (Å²) in [5.41, 5.74) is -2.34. The van der Waals surface area contributed by atoms with Crippen LogP contribution in [0.15, 0.2) is 58.2 Å². The van der Waals surface area contributed by atoms with E-state index in [0.29, 0.717) is 0 Å². The van der Waals surface area contributed by atoms with Crippen LogP contribution >= 0.6 is 0 Å². The number of nitrogens with one attached hydrogen (secondary N) is 2. The summed E-state index contributed by atoms with van der Waals surface area (Å²) in [7, 11) is -4.19. The van der Waals surface area contributed by atoms with E-state index in [1.165, 1.54) is 24.3 Å². The minimum atomic E-state index is -4.19. The lowest BCUT2D eigenvalue weighted by Crippen LogP contribution is -2.17. The first-order valence-electron chi connectivity index (χ1n) is 8.03. The van der Waals surface area contributed by atoms with Gasteiger partial charge in [-0.3, -0.25) is 19.6 Å². The van der Waals surface area contributed by atoms with Crippen molar-refractivity contribution in [2.24, 2.45) is 0 Å². The highest BCUT2D eigenvalue weighted by Crippen LogP contribution is 2.28. The van der Waals surface area contributed by atoms with Crippen LogP contribution in [0.1, 0.15) is 10.5 Å². The second-order valence-electron chi connectivity index (χ2n) is 5.82. The number of carboxylic acids is 1. The fraction of sp³-hybridized carbons (Fsp3) is 0. The molecule has 12 nitrogen and oxygen atoms in total. The molecule has 0 amide bonds. The highest BCUT2D eigenvalue weighted by Gasteiger charge is 2.21. The first-order chi connectivity index (χ1) is 14.1. The quantitative estimate of drug-likeness (QED) is 0.330. The highest BCUT2D eigenvalue weighted by atomic mass is 32.2. The standard InChI is InChI=1S/C17H12N4O8S/c22-14-13(17(24)25)18-15(19-16(14)23)11-3-1-2-4-12(11)20-30(28,29)10-7-5-9(6-8-10)21(26)27/h1-8,20,22H,(H,24,25)(H,18,19,23). The molecule has 3 aromatic rings. The number of sulfonamides is 1. The highest BCUT2D eigenvalue weighted by molar-refractivity contribution is 7.92. The van der Waals surface area contributed by atoms with Crippen LogP contribution < -0.4 is 10.3 Å². The van der Waals surface area contributed by atoms with Gasteiger partial charge >= 0.3 is 5.97 Å². The van der Waals surface area contributed by atoms with Gasteiger partial charge in [-0.2, -0.15) is 0 Å². The van der Waals surface area contributed by atoms with Gasteiger partial charge in [0.05, 0.1) is 15.5 Å². The van der Waals surface area contributed by atoms with E-state index in [9.17, 15) is 33.2 Å². The molecular weight excluding hydrogens is 420 g/mol. The van der Waals surface area contributed by atoms with Gasteiger partial charge in [0.25, 0.3) is 21.3 Å². The molecule has 30 heavy (non-hydrogen) atoms. The van der Waals surface area contributed by atoms with Gasteiger partial charge < -0.3 is 15.2 Å². The Balaban J connectivity index is 2.05. The second kappa shape index (κ2) is 7.63. The summed E-state index contributed by atoms with van der Waals surface area (Å²) in [5.74, 6) is -3.03. The number of nitro groups is 1. The fourth-order valence-electron chi connectivity index (χ4n) is 2.47. The molecule has 0 unspecified atom stereocenters. The van der Waals surface area contributed by atoms with Gasteiger partial charge in [0.2, 0.25) is 5.75 Å². The predicted molar refractivity (Wildman–Crippen MR) is 103 cm³/mol. The lowest BCUT2D eigenvalue weighted by molar-refractivity contribution is -0.384. The molecule has 4 N–H and O–H groups in total. The van der Waals surface area contributed by atoms with Crippen molar-refractivity contribution < 1.29 is 28.3 Å². The predicted octanol–water partition coefficient (Wildman–Crippen LogP) is 1.55. The summed E-state index contributed by atoms with van der Waals surface area (Å²) in [6.45, 7) is 0. The lowest BCUT2D eigenvalue weighted by atomic mass is 10.1. The van der Waals surface area contributed by atoms with Gasteiger partial charge in [-0.15, -0.1) is 0 Å². The lowest BCUT2D eigenvalue weighted by Gasteiger charge is -2.12. The Kier molecular flexibility index (Phi) is 5.21. The average Bonchev–Trinajstić information content (AvgIpc) is 2.70. The maximum Gasteiger partial charge on any atom is 0.358 e. The van der Waals surface area contributed by atoms with Gasteiger partial charge in [-0.05, 0) is 24.3 Å². The van der Waals surface area contributed by atoms with Crippen LogP contribution in [-0.2, 0) is 10.0 Å². The number of carbonyl (C=O) groups is 1. The summed E-state index contributed by atoms with van der Waals surface area (Å²) in [5, 5.41) is 29.4. The van der Waals surface area contributed by atoms with Crippen LogP contribution in [0, 0.1) is 10.1 Å². The van der Waals surface area contributed by atoms with Crippen LogP contribution in [0.3, 0.4) is 0 Å². The summed E-state index contributed by atoms with van der Waals surface area (Å²) in [4.78, 5) is 38.7. The molecule has 0 spiro atoms. The van der Waals surface area contributed by atoms with E-state index in [1.54, 1.807) is 0 Å². The SMILES string of the molecule is O=C(O)c1nc(-c2ccccc2NS(=O)(=O)c2ccc([N+](=O)[O-])cc2)[nH]c(=O)c1O. The Bertz CT molecular complexity index is 1320. The number of aromatic hydroxyl groups is 1. The average molecular weight is 432 g/mol. The summed E-state index contributed by atoms with van der Waals surface area (Å²) in [6, 6.07) is 9.83. The molecule has 0 bridgehead atoms. The van der Waals surface area contributed by atoms with Crippen molar-refractivity contribution >= 4 is 27.4 Å². The number of rotatable bonds is 6. The number of benzene rings is 2. The molecule has 0 saturated heterocycles. The van der Waals surface area contributed by atoms with Crippen LogP contribution in [-0.4, -0.2) is 39.5 Å². The van der Waals surface area contributed by atoms with Crippen molar-refractivity contribution in [3.8, 4) is 17.1 Å². The Morgan fingerprint density at radius 1 is 1.13 bits per heavy atom. The first-order valence-corrected chi connectivity index (χ1v) is 9.51. The molecular formula is C17H12N4O8S. The number of aromatic carboxylic acids is 1. The van der Waals surface area contributed by atoms with Crippen molar-refractivity contribution in [1.29, 1.82) is 0 Å².